The van der Waals surface area contributed by atoms with E-state index in [1.807, 2.05) is 0 Å². The molecular formula is C5H3F2N5. The van der Waals surface area contributed by atoms with Gasteiger partial charge in [0.25, 0.3) is 6.08 Å². The number of H-pyrrole nitrogens is 1. The number of halogens is 2. The van der Waals surface area contributed by atoms with Crippen LogP contribution in [0, 0.1) is 12.2 Å². The van der Waals surface area contributed by atoms with Crippen LogP contribution in [0.3, 0.4) is 0 Å². The summed E-state index contributed by atoms with van der Waals surface area (Å²) in [5, 5.41) is 0. The van der Waals surface area contributed by atoms with Crippen molar-refractivity contribution in [3.63, 3.8) is 0 Å². The minimum Gasteiger partial charge on any atom is -0.382 e. The zero-order valence-electron chi connectivity index (χ0n) is 5.67. The lowest BCUT2D eigenvalue weighted by Crippen LogP contribution is -1.97. The van der Waals surface area contributed by atoms with Crippen molar-refractivity contribution in [2.75, 3.05) is 5.73 Å². The second kappa shape index (κ2) is 2.10. The van der Waals surface area contributed by atoms with Gasteiger partial charge in [-0.2, -0.15) is 23.7 Å². The quantitative estimate of drug-likeness (QED) is 0.438. The number of aromatic amines is 1. The summed E-state index contributed by atoms with van der Waals surface area (Å²) in [5.74, 6) is -0.158. The highest BCUT2D eigenvalue weighted by molar-refractivity contribution is 5.80. The zero-order chi connectivity index (χ0) is 8.72. The smallest absolute Gasteiger partial charge is 0.312 e. The molecule has 2 aromatic rings. The molecule has 62 valence electrons. The molecule has 0 aliphatic rings. The molecule has 0 saturated carbocycles. The third kappa shape index (κ3) is 0.865. The SMILES string of the molecule is Nc1nc(F)nc2nc(F)[nH]c12. The molecule has 0 fully saturated rings. The monoisotopic (exact) mass is 171 g/mol. The molecule has 5 nitrogen and oxygen atoms in total. The number of fused-ring (bicyclic) bond motifs is 1. The van der Waals surface area contributed by atoms with Gasteiger partial charge in [-0.3, -0.25) is 0 Å². The first-order valence-corrected chi connectivity index (χ1v) is 3.01. The summed E-state index contributed by atoms with van der Waals surface area (Å²) in [6.45, 7) is 0. The number of aromatic nitrogens is 4. The number of anilines is 1. The predicted molar refractivity (Wildman–Crippen MR) is 36.0 cm³/mol. The molecule has 2 rings (SSSR count). The topological polar surface area (TPSA) is 80.5 Å². The zero-order valence-corrected chi connectivity index (χ0v) is 5.67. The second-order valence-corrected chi connectivity index (χ2v) is 2.10. The minimum atomic E-state index is -1.02. The normalized spacial score (nSPS) is 10.8. The van der Waals surface area contributed by atoms with Crippen LogP contribution in [0.1, 0.15) is 0 Å². The fourth-order valence-electron chi connectivity index (χ4n) is 0.863. The summed E-state index contributed by atoms with van der Waals surface area (Å²) in [6, 6.07) is 0. The van der Waals surface area contributed by atoms with Gasteiger partial charge in [-0.25, -0.2) is 0 Å². The van der Waals surface area contributed by atoms with Crippen molar-refractivity contribution >= 4 is 17.0 Å². The first-order valence-electron chi connectivity index (χ1n) is 3.01. The number of nitrogens with two attached hydrogens (primary N) is 1. The molecule has 0 amide bonds. The number of imidazole rings is 1. The summed E-state index contributed by atoms with van der Waals surface area (Å²) >= 11 is 0. The molecule has 0 radical (unpaired) electrons. The summed E-state index contributed by atoms with van der Waals surface area (Å²) < 4.78 is 24.8. The highest BCUT2D eigenvalue weighted by Crippen LogP contribution is 2.13. The standard InChI is InChI=1S/C5H3F2N5/c6-4-9-1-2(8)10-5(7)12-3(1)11-4/h(H3,8,9,10,11,12). The van der Waals surface area contributed by atoms with E-state index in [2.05, 4.69) is 19.9 Å². The molecule has 3 N–H and O–H groups in total. The van der Waals surface area contributed by atoms with Crippen LogP contribution >= 0.6 is 0 Å². The van der Waals surface area contributed by atoms with E-state index >= 15 is 0 Å². The van der Waals surface area contributed by atoms with Crippen LogP contribution in [0.15, 0.2) is 0 Å². The number of rotatable bonds is 0. The van der Waals surface area contributed by atoms with Crippen molar-refractivity contribution < 1.29 is 8.78 Å². The third-order valence-corrected chi connectivity index (χ3v) is 1.32. The van der Waals surface area contributed by atoms with Crippen LogP contribution in [0.25, 0.3) is 11.2 Å². The Kier molecular flexibility index (Phi) is 1.20. The summed E-state index contributed by atoms with van der Waals surface area (Å²) in [5.41, 5.74) is 5.23. The Morgan fingerprint density at radius 1 is 1.17 bits per heavy atom. The third-order valence-electron chi connectivity index (χ3n) is 1.32. The van der Waals surface area contributed by atoms with Gasteiger partial charge in [-0.1, -0.05) is 0 Å². The predicted octanol–water partition coefficient (Wildman–Crippen LogP) is 0.213. The van der Waals surface area contributed by atoms with Crippen molar-refractivity contribution in [1.29, 1.82) is 0 Å². The molecule has 0 spiro atoms. The van der Waals surface area contributed by atoms with Gasteiger partial charge < -0.3 is 10.7 Å². The Morgan fingerprint density at radius 2 is 1.92 bits per heavy atom. The van der Waals surface area contributed by atoms with Gasteiger partial charge in [0.05, 0.1) is 0 Å². The number of nitrogens with zero attached hydrogens (tertiary/aromatic N) is 3. The first-order chi connectivity index (χ1) is 5.66. The average molecular weight is 171 g/mol. The fourth-order valence-corrected chi connectivity index (χ4v) is 0.863. The highest BCUT2D eigenvalue weighted by Gasteiger charge is 2.09. The summed E-state index contributed by atoms with van der Waals surface area (Å²) in [7, 11) is 0. The molecule has 0 bridgehead atoms. The number of nitrogen functional groups attached to an aromatic ring is 1. The maximum atomic E-state index is 12.4. The molecule has 2 heterocycles. The van der Waals surface area contributed by atoms with Gasteiger partial charge in [-0.05, 0) is 0 Å². The van der Waals surface area contributed by atoms with Crippen LogP contribution in [-0.4, -0.2) is 19.9 Å². The fraction of sp³-hybridized carbons (Fsp3) is 0. The Balaban J connectivity index is 2.88. The average Bonchev–Trinajstić information content (AvgIpc) is 2.29. The van der Waals surface area contributed by atoms with Crippen molar-refractivity contribution in [2.24, 2.45) is 0 Å². The lowest BCUT2D eigenvalue weighted by molar-refractivity contribution is 0.543. The minimum absolute atomic E-state index is 0.105. The summed E-state index contributed by atoms with van der Waals surface area (Å²) in [6.07, 6.45) is -1.89. The Morgan fingerprint density at radius 3 is 2.67 bits per heavy atom. The summed E-state index contributed by atoms with van der Waals surface area (Å²) in [4.78, 5) is 11.8. The van der Waals surface area contributed by atoms with Crippen molar-refractivity contribution in [3.05, 3.63) is 12.2 Å². The molecule has 2 aromatic heterocycles. The van der Waals surface area contributed by atoms with Gasteiger partial charge in [0, 0.05) is 0 Å². The van der Waals surface area contributed by atoms with Gasteiger partial charge in [-0.15, -0.1) is 0 Å². The van der Waals surface area contributed by atoms with Gasteiger partial charge in [0.1, 0.15) is 5.52 Å². The molecule has 0 aromatic carbocycles. The van der Waals surface area contributed by atoms with Crippen LogP contribution in [-0.2, 0) is 0 Å². The van der Waals surface area contributed by atoms with E-state index < -0.39 is 12.2 Å². The largest absolute Gasteiger partial charge is 0.382 e. The Hall–Kier alpha value is -1.79. The number of hydrogen-bond acceptors (Lipinski definition) is 4. The van der Waals surface area contributed by atoms with E-state index in [4.69, 9.17) is 5.73 Å². The van der Waals surface area contributed by atoms with Crippen molar-refractivity contribution in [3.8, 4) is 0 Å². The van der Waals surface area contributed by atoms with Crippen molar-refractivity contribution in [2.45, 2.75) is 0 Å². The number of nitrogens with one attached hydrogen (secondary N) is 1. The maximum Gasteiger partial charge on any atom is 0.312 e. The first kappa shape index (κ1) is 6.89. The number of hydrogen-bond donors (Lipinski definition) is 2. The van der Waals surface area contributed by atoms with Crippen LogP contribution < -0.4 is 5.73 Å². The molecule has 0 saturated heterocycles. The molecule has 0 aliphatic heterocycles. The van der Waals surface area contributed by atoms with Gasteiger partial charge in [0.2, 0.25) is 0 Å². The molecular weight excluding hydrogens is 168 g/mol. The Labute approximate surface area is 64.7 Å². The molecule has 7 heteroatoms. The van der Waals surface area contributed by atoms with E-state index in [-0.39, 0.29) is 17.0 Å². The van der Waals surface area contributed by atoms with Gasteiger partial charge in [0.15, 0.2) is 11.5 Å². The second-order valence-electron chi connectivity index (χ2n) is 2.10. The molecule has 12 heavy (non-hydrogen) atoms. The van der Waals surface area contributed by atoms with Crippen molar-refractivity contribution in [1.82, 2.24) is 19.9 Å². The van der Waals surface area contributed by atoms with Gasteiger partial charge >= 0.3 is 6.08 Å². The van der Waals surface area contributed by atoms with E-state index in [0.717, 1.165) is 0 Å². The van der Waals surface area contributed by atoms with E-state index in [1.165, 1.54) is 0 Å². The van der Waals surface area contributed by atoms with Crippen LogP contribution in [0.2, 0.25) is 0 Å². The lowest BCUT2D eigenvalue weighted by Gasteiger charge is -1.91. The molecule has 0 atom stereocenters. The molecule has 0 unspecified atom stereocenters. The Bertz CT molecular complexity index is 437. The van der Waals surface area contributed by atoms with E-state index in [9.17, 15) is 8.78 Å². The van der Waals surface area contributed by atoms with E-state index in [1.54, 1.807) is 0 Å². The lowest BCUT2D eigenvalue weighted by atomic mass is 10.5. The molecule has 0 aliphatic carbocycles. The maximum absolute atomic E-state index is 12.4. The highest BCUT2D eigenvalue weighted by atomic mass is 19.1. The van der Waals surface area contributed by atoms with Crippen LogP contribution in [0.4, 0.5) is 14.6 Å². The van der Waals surface area contributed by atoms with E-state index in [0.29, 0.717) is 0 Å². The van der Waals surface area contributed by atoms with Crippen LogP contribution in [0.5, 0.6) is 0 Å².